The van der Waals surface area contributed by atoms with Crippen molar-refractivity contribution in [3.63, 3.8) is 0 Å². The van der Waals surface area contributed by atoms with Crippen molar-refractivity contribution < 1.29 is 9.47 Å². The lowest BCUT2D eigenvalue weighted by Gasteiger charge is -2.49. The van der Waals surface area contributed by atoms with Crippen LogP contribution in [0.5, 0.6) is 0 Å². The summed E-state index contributed by atoms with van der Waals surface area (Å²) in [4.78, 5) is 0. The molecule has 4 unspecified atom stereocenters. The fraction of sp³-hybridized carbons (Fsp3) is 1.00. The zero-order chi connectivity index (χ0) is 12.3. The van der Waals surface area contributed by atoms with Gasteiger partial charge in [0.15, 0.2) is 5.79 Å². The molecule has 2 aliphatic heterocycles. The maximum atomic E-state index is 6.32. The standard InChI is InChI=1S/C15H26O2/c1-13(2,3)11-6-8-15-12(9-11)5-7-14(4,17-15)10-16-15/h11-12H,5-10H2,1-4H3. The van der Waals surface area contributed by atoms with Crippen molar-refractivity contribution >= 4 is 0 Å². The summed E-state index contributed by atoms with van der Waals surface area (Å²) in [5, 5.41) is 0. The highest BCUT2D eigenvalue weighted by Gasteiger charge is 2.58. The van der Waals surface area contributed by atoms with E-state index in [2.05, 4.69) is 27.7 Å². The van der Waals surface area contributed by atoms with E-state index in [0.29, 0.717) is 11.3 Å². The maximum absolute atomic E-state index is 6.32. The van der Waals surface area contributed by atoms with Crippen LogP contribution in [0.15, 0.2) is 0 Å². The summed E-state index contributed by atoms with van der Waals surface area (Å²) in [7, 11) is 0. The molecule has 0 aromatic heterocycles. The van der Waals surface area contributed by atoms with Crippen LogP contribution in [0.1, 0.15) is 59.8 Å². The molecule has 0 aromatic carbocycles. The molecule has 3 fully saturated rings. The van der Waals surface area contributed by atoms with Crippen molar-refractivity contribution in [2.24, 2.45) is 17.3 Å². The van der Waals surface area contributed by atoms with Crippen molar-refractivity contribution in [2.45, 2.75) is 71.2 Å². The molecule has 0 radical (unpaired) electrons. The number of hydrogen-bond acceptors (Lipinski definition) is 2. The fourth-order valence-corrected chi connectivity index (χ4v) is 4.02. The SMILES string of the molecule is CC12CCC3CC(C(C)(C)C)CCC3(OC1)O2. The number of hydrogen-bond donors (Lipinski definition) is 0. The van der Waals surface area contributed by atoms with Gasteiger partial charge in [0.2, 0.25) is 0 Å². The Morgan fingerprint density at radius 3 is 2.59 bits per heavy atom. The molecule has 0 aromatic rings. The highest BCUT2D eigenvalue weighted by Crippen LogP contribution is 2.55. The lowest BCUT2D eigenvalue weighted by molar-refractivity contribution is -0.263. The van der Waals surface area contributed by atoms with Crippen LogP contribution in [0.3, 0.4) is 0 Å². The van der Waals surface area contributed by atoms with Crippen LogP contribution in [0.4, 0.5) is 0 Å². The van der Waals surface area contributed by atoms with Gasteiger partial charge in [-0.3, -0.25) is 0 Å². The van der Waals surface area contributed by atoms with E-state index in [1.165, 1.54) is 25.7 Å². The molecular weight excluding hydrogens is 212 g/mol. The average molecular weight is 238 g/mol. The van der Waals surface area contributed by atoms with E-state index in [9.17, 15) is 0 Å². The van der Waals surface area contributed by atoms with E-state index >= 15 is 0 Å². The zero-order valence-corrected chi connectivity index (χ0v) is 11.7. The minimum absolute atomic E-state index is 0.0189. The Balaban J connectivity index is 1.78. The third kappa shape index (κ3) is 1.84. The van der Waals surface area contributed by atoms with Gasteiger partial charge in [-0.1, -0.05) is 20.8 Å². The van der Waals surface area contributed by atoms with Crippen molar-refractivity contribution in [2.75, 3.05) is 6.61 Å². The van der Waals surface area contributed by atoms with Gasteiger partial charge < -0.3 is 9.47 Å². The first-order valence-electron chi connectivity index (χ1n) is 7.17. The molecule has 2 saturated heterocycles. The molecule has 2 bridgehead atoms. The van der Waals surface area contributed by atoms with E-state index in [1.54, 1.807) is 0 Å². The normalized spacial score (nSPS) is 50.1. The Bertz CT molecular complexity index is 319. The third-order valence-corrected chi connectivity index (χ3v) is 5.32. The minimum Gasteiger partial charge on any atom is -0.347 e. The molecule has 2 heterocycles. The van der Waals surface area contributed by atoms with Gasteiger partial charge in [-0.15, -0.1) is 0 Å². The molecule has 1 saturated carbocycles. The Morgan fingerprint density at radius 1 is 1.12 bits per heavy atom. The van der Waals surface area contributed by atoms with Crippen LogP contribution in [-0.2, 0) is 9.47 Å². The van der Waals surface area contributed by atoms with Gasteiger partial charge in [0, 0.05) is 12.3 Å². The molecule has 0 N–H and O–H groups in total. The quantitative estimate of drug-likeness (QED) is 0.640. The Hall–Kier alpha value is -0.0800. The maximum Gasteiger partial charge on any atom is 0.172 e. The molecule has 3 aliphatic rings. The first-order chi connectivity index (χ1) is 7.83. The van der Waals surface area contributed by atoms with Crippen molar-refractivity contribution in [3.8, 4) is 0 Å². The van der Waals surface area contributed by atoms with Gasteiger partial charge in [-0.05, 0) is 43.9 Å². The highest BCUT2D eigenvalue weighted by molar-refractivity contribution is 5.01. The van der Waals surface area contributed by atoms with Crippen LogP contribution < -0.4 is 0 Å². The van der Waals surface area contributed by atoms with Gasteiger partial charge in [0.05, 0.1) is 12.2 Å². The van der Waals surface area contributed by atoms with E-state index < -0.39 is 0 Å². The van der Waals surface area contributed by atoms with Gasteiger partial charge >= 0.3 is 0 Å². The number of fused-ring (bicyclic) bond motifs is 1. The summed E-state index contributed by atoms with van der Waals surface area (Å²) in [5.41, 5.74) is 0.450. The summed E-state index contributed by atoms with van der Waals surface area (Å²) in [6.45, 7) is 10.1. The van der Waals surface area contributed by atoms with Crippen LogP contribution in [0.25, 0.3) is 0 Å². The summed E-state index contributed by atoms with van der Waals surface area (Å²) < 4.78 is 12.4. The van der Waals surface area contributed by atoms with Gasteiger partial charge in [-0.25, -0.2) is 0 Å². The molecule has 17 heavy (non-hydrogen) atoms. The van der Waals surface area contributed by atoms with Crippen molar-refractivity contribution in [3.05, 3.63) is 0 Å². The molecule has 2 nitrogen and oxygen atoms in total. The molecule has 4 atom stereocenters. The smallest absolute Gasteiger partial charge is 0.172 e. The van der Waals surface area contributed by atoms with Gasteiger partial charge in [0.25, 0.3) is 0 Å². The predicted octanol–water partition coefficient (Wildman–Crippen LogP) is 3.74. The molecule has 1 spiro atoms. The van der Waals surface area contributed by atoms with Crippen molar-refractivity contribution in [1.82, 2.24) is 0 Å². The average Bonchev–Trinajstić information content (AvgIpc) is 2.49. The van der Waals surface area contributed by atoms with E-state index in [4.69, 9.17) is 9.47 Å². The predicted molar refractivity (Wildman–Crippen MR) is 67.7 cm³/mol. The molecular formula is C15H26O2. The second kappa shape index (κ2) is 3.48. The molecule has 2 heteroatoms. The summed E-state index contributed by atoms with van der Waals surface area (Å²) >= 11 is 0. The Kier molecular flexibility index (Phi) is 2.45. The number of rotatable bonds is 0. The Morgan fingerprint density at radius 2 is 1.88 bits per heavy atom. The molecule has 1 aliphatic carbocycles. The monoisotopic (exact) mass is 238 g/mol. The first kappa shape index (κ1) is 12.0. The third-order valence-electron chi connectivity index (χ3n) is 5.32. The summed E-state index contributed by atoms with van der Waals surface area (Å²) in [5.74, 6) is 1.26. The minimum atomic E-state index is -0.200. The van der Waals surface area contributed by atoms with Gasteiger partial charge in [-0.2, -0.15) is 0 Å². The van der Waals surface area contributed by atoms with Crippen LogP contribution in [0.2, 0.25) is 0 Å². The second-order valence-corrected chi connectivity index (χ2v) is 7.73. The first-order valence-corrected chi connectivity index (χ1v) is 7.17. The van der Waals surface area contributed by atoms with E-state index in [0.717, 1.165) is 18.9 Å². The lowest BCUT2D eigenvalue weighted by atomic mass is 9.65. The molecule has 98 valence electrons. The topological polar surface area (TPSA) is 18.5 Å². The van der Waals surface area contributed by atoms with E-state index in [1.807, 2.05) is 0 Å². The Labute approximate surface area is 105 Å². The van der Waals surface area contributed by atoms with Crippen LogP contribution >= 0.6 is 0 Å². The molecule has 3 rings (SSSR count). The van der Waals surface area contributed by atoms with Gasteiger partial charge in [0.1, 0.15) is 0 Å². The van der Waals surface area contributed by atoms with Crippen molar-refractivity contribution in [1.29, 1.82) is 0 Å². The van der Waals surface area contributed by atoms with Crippen LogP contribution in [-0.4, -0.2) is 18.0 Å². The lowest BCUT2D eigenvalue weighted by Crippen LogP contribution is -2.50. The zero-order valence-electron chi connectivity index (χ0n) is 11.7. The fourth-order valence-electron chi connectivity index (χ4n) is 4.02. The summed E-state index contributed by atoms with van der Waals surface area (Å²) in [6, 6.07) is 0. The second-order valence-electron chi connectivity index (χ2n) is 7.73. The van der Waals surface area contributed by atoms with E-state index in [-0.39, 0.29) is 11.4 Å². The highest BCUT2D eigenvalue weighted by atomic mass is 16.8. The molecule has 0 amide bonds. The van der Waals surface area contributed by atoms with Crippen LogP contribution in [0, 0.1) is 17.3 Å². The summed E-state index contributed by atoms with van der Waals surface area (Å²) in [6.07, 6.45) is 6.13. The number of ether oxygens (including phenoxy) is 2. The largest absolute Gasteiger partial charge is 0.347 e.